The lowest BCUT2D eigenvalue weighted by atomic mass is 10.1. The number of nitrogens with one attached hydrogen (secondary N) is 1. The number of fused-ring (bicyclic) bond motifs is 2. The van der Waals surface area contributed by atoms with Gasteiger partial charge < -0.3 is 11.1 Å². The summed E-state index contributed by atoms with van der Waals surface area (Å²) in [7, 11) is 0. The molecule has 3 N–H and O–H groups in total. The minimum atomic E-state index is -0.252. The zero-order valence-corrected chi connectivity index (χ0v) is 19.6. The van der Waals surface area contributed by atoms with Gasteiger partial charge in [-0.15, -0.1) is 0 Å². The molecule has 0 spiro atoms. The van der Waals surface area contributed by atoms with Gasteiger partial charge in [0.25, 0.3) is 5.91 Å². The summed E-state index contributed by atoms with van der Waals surface area (Å²) < 4.78 is 1.82. The summed E-state index contributed by atoms with van der Waals surface area (Å²) in [6, 6.07) is 15.6. The van der Waals surface area contributed by atoms with E-state index in [9.17, 15) is 4.79 Å². The molecule has 7 nitrogen and oxygen atoms in total. The van der Waals surface area contributed by atoms with E-state index in [1.54, 1.807) is 6.20 Å². The predicted molar refractivity (Wildman–Crippen MR) is 134 cm³/mol. The molecule has 4 aromatic heterocycles. The highest BCUT2D eigenvalue weighted by atomic mass is 35.5. The molecule has 0 fully saturated rings. The number of rotatable bonds is 5. The molecule has 0 aliphatic rings. The van der Waals surface area contributed by atoms with Gasteiger partial charge in [-0.25, -0.2) is 9.97 Å². The first-order chi connectivity index (χ1) is 16.4. The Bertz CT molecular complexity index is 1540. The number of nitrogens with zero attached hydrogens (tertiary/aromatic N) is 4. The molecule has 34 heavy (non-hydrogen) atoms. The predicted octanol–water partition coefficient (Wildman–Crippen LogP) is 4.65. The Morgan fingerprint density at radius 1 is 1.12 bits per heavy atom. The van der Waals surface area contributed by atoms with E-state index in [1.165, 1.54) is 0 Å². The van der Waals surface area contributed by atoms with Gasteiger partial charge in [0.05, 0.1) is 21.7 Å². The number of nitrogen functional groups attached to an aromatic ring is 1. The van der Waals surface area contributed by atoms with Crippen molar-refractivity contribution in [1.82, 2.24) is 24.7 Å². The van der Waals surface area contributed by atoms with E-state index in [0.29, 0.717) is 29.6 Å². The summed E-state index contributed by atoms with van der Waals surface area (Å²) in [5.74, 6) is 0.563. The Morgan fingerprint density at radius 3 is 2.79 bits per heavy atom. The monoisotopic (exact) mass is 470 g/mol. The second-order valence-corrected chi connectivity index (χ2v) is 8.74. The summed E-state index contributed by atoms with van der Waals surface area (Å²) in [5, 5.41) is 4.55. The minimum absolute atomic E-state index is 0.252. The Kier molecular flexibility index (Phi) is 5.63. The van der Waals surface area contributed by atoms with Crippen LogP contribution in [0.15, 0.2) is 60.9 Å². The molecule has 0 atom stereocenters. The van der Waals surface area contributed by atoms with Crippen molar-refractivity contribution in [2.24, 2.45) is 0 Å². The molecule has 0 aliphatic carbocycles. The number of pyridine rings is 3. The summed E-state index contributed by atoms with van der Waals surface area (Å²) in [6.45, 7) is 4.20. The lowest BCUT2D eigenvalue weighted by Crippen LogP contribution is -2.26. The van der Waals surface area contributed by atoms with Crippen LogP contribution in [-0.2, 0) is 13.0 Å². The molecular weight excluding hydrogens is 448 g/mol. The van der Waals surface area contributed by atoms with Gasteiger partial charge in [-0.05, 0) is 66.9 Å². The topological polar surface area (TPSA) is 98.2 Å². The van der Waals surface area contributed by atoms with Crippen LogP contribution < -0.4 is 11.1 Å². The van der Waals surface area contributed by atoms with Crippen LogP contribution in [0.4, 0.5) is 5.82 Å². The van der Waals surface area contributed by atoms with Crippen molar-refractivity contribution in [3.63, 3.8) is 0 Å². The third kappa shape index (κ3) is 4.18. The molecule has 8 heteroatoms. The number of amides is 1. The van der Waals surface area contributed by atoms with Crippen LogP contribution in [0, 0.1) is 13.8 Å². The second-order valence-electron chi connectivity index (χ2n) is 8.31. The lowest BCUT2D eigenvalue weighted by Gasteiger charge is -2.11. The van der Waals surface area contributed by atoms with Gasteiger partial charge in [0.2, 0.25) is 5.82 Å². The third-order valence-corrected chi connectivity index (χ3v) is 6.12. The fraction of sp³-hybridized carbons (Fsp3) is 0.154. The number of benzene rings is 1. The molecule has 0 radical (unpaired) electrons. The second kappa shape index (κ2) is 8.76. The molecule has 1 amide bonds. The molecule has 5 aromatic rings. The molecule has 5 rings (SSSR count). The molecule has 0 aliphatic heterocycles. The molecular formula is C26H23ClN6O. The number of carbonyl (C=O) groups is 1. The first kappa shape index (κ1) is 21.9. The normalized spacial score (nSPS) is 11.3. The van der Waals surface area contributed by atoms with Gasteiger partial charge >= 0.3 is 0 Å². The van der Waals surface area contributed by atoms with Gasteiger partial charge in [-0.2, -0.15) is 0 Å². The van der Waals surface area contributed by atoms with E-state index in [2.05, 4.69) is 21.4 Å². The number of hydrogen-bond acceptors (Lipinski definition) is 5. The van der Waals surface area contributed by atoms with Crippen LogP contribution in [0.1, 0.15) is 38.7 Å². The molecule has 0 unspecified atom stereocenters. The highest BCUT2D eigenvalue weighted by Gasteiger charge is 2.18. The standard InChI is InChI=1S/C26H23ClN6O/c1-15-9-24(28)31-16(2)20(15)14-30-26(34)25-32-22(23-5-3-4-8-33(23)25)11-17-6-7-21-18(10-17)12-19(27)13-29-21/h3-10,12-13H,11,14H2,1-2H3,(H2,28,31)(H,30,34). The van der Waals surface area contributed by atoms with Gasteiger partial charge in [-0.1, -0.05) is 23.7 Å². The van der Waals surface area contributed by atoms with Crippen molar-refractivity contribution in [2.75, 3.05) is 5.73 Å². The van der Waals surface area contributed by atoms with Crippen LogP contribution in [0.5, 0.6) is 0 Å². The van der Waals surface area contributed by atoms with Crippen molar-refractivity contribution in [3.05, 3.63) is 99.8 Å². The van der Waals surface area contributed by atoms with Crippen molar-refractivity contribution in [1.29, 1.82) is 0 Å². The summed E-state index contributed by atoms with van der Waals surface area (Å²) in [4.78, 5) is 26.5. The average Bonchev–Trinajstić information content (AvgIpc) is 3.16. The lowest BCUT2D eigenvalue weighted by molar-refractivity contribution is 0.0939. The van der Waals surface area contributed by atoms with Gasteiger partial charge in [0.1, 0.15) is 5.82 Å². The number of carbonyl (C=O) groups excluding carboxylic acids is 1. The molecule has 0 saturated carbocycles. The van der Waals surface area contributed by atoms with Crippen LogP contribution in [0.3, 0.4) is 0 Å². The summed E-state index contributed by atoms with van der Waals surface area (Å²) >= 11 is 6.12. The van der Waals surface area contributed by atoms with E-state index in [1.807, 2.05) is 66.9 Å². The molecule has 1 aromatic carbocycles. The van der Waals surface area contributed by atoms with Gasteiger partial charge in [-0.3, -0.25) is 14.2 Å². The maximum Gasteiger partial charge on any atom is 0.287 e. The Hall–Kier alpha value is -3.97. The average molecular weight is 471 g/mol. The van der Waals surface area contributed by atoms with E-state index < -0.39 is 0 Å². The van der Waals surface area contributed by atoms with Crippen LogP contribution in [-0.4, -0.2) is 25.3 Å². The van der Waals surface area contributed by atoms with E-state index >= 15 is 0 Å². The summed E-state index contributed by atoms with van der Waals surface area (Å²) in [6.07, 6.45) is 4.07. The molecule has 0 bridgehead atoms. The Morgan fingerprint density at radius 2 is 1.97 bits per heavy atom. The molecule has 170 valence electrons. The number of halogens is 1. The van der Waals surface area contributed by atoms with Crippen molar-refractivity contribution in [3.8, 4) is 0 Å². The number of anilines is 1. The Labute approximate surface area is 201 Å². The maximum atomic E-state index is 13.1. The van der Waals surface area contributed by atoms with Crippen molar-refractivity contribution < 1.29 is 4.79 Å². The van der Waals surface area contributed by atoms with Crippen LogP contribution in [0.2, 0.25) is 5.02 Å². The SMILES string of the molecule is Cc1cc(N)nc(C)c1CNC(=O)c1nc(Cc2ccc3ncc(Cl)cc3c2)c2ccccn12. The minimum Gasteiger partial charge on any atom is -0.384 e. The van der Waals surface area contributed by atoms with Crippen LogP contribution >= 0.6 is 11.6 Å². The number of aryl methyl sites for hydroxylation is 2. The number of aromatic nitrogens is 4. The van der Waals surface area contributed by atoms with Gasteiger partial charge in [0.15, 0.2) is 0 Å². The molecule has 0 saturated heterocycles. The Balaban J connectivity index is 1.44. The van der Waals surface area contributed by atoms with E-state index in [0.717, 1.165) is 44.5 Å². The third-order valence-electron chi connectivity index (χ3n) is 5.91. The first-order valence-electron chi connectivity index (χ1n) is 10.9. The smallest absolute Gasteiger partial charge is 0.287 e. The highest BCUT2D eigenvalue weighted by molar-refractivity contribution is 6.31. The molecule has 4 heterocycles. The quantitative estimate of drug-likeness (QED) is 0.389. The van der Waals surface area contributed by atoms with Crippen molar-refractivity contribution >= 4 is 39.7 Å². The number of nitrogens with two attached hydrogens (primary N) is 1. The fourth-order valence-corrected chi connectivity index (χ4v) is 4.42. The first-order valence-corrected chi connectivity index (χ1v) is 11.3. The highest BCUT2D eigenvalue weighted by Crippen LogP contribution is 2.22. The van der Waals surface area contributed by atoms with Crippen LogP contribution in [0.25, 0.3) is 16.4 Å². The zero-order valence-electron chi connectivity index (χ0n) is 18.8. The largest absolute Gasteiger partial charge is 0.384 e. The van der Waals surface area contributed by atoms with E-state index in [4.69, 9.17) is 22.3 Å². The van der Waals surface area contributed by atoms with E-state index in [-0.39, 0.29) is 5.91 Å². The maximum absolute atomic E-state index is 13.1. The summed E-state index contributed by atoms with van der Waals surface area (Å²) in [5.41, 5.74) is 12.2. The fourth-order valence-electron chi connectivity index (χ4n) is 4.25. The zero-order chi connectivity index (χ0) is 23.8. The number of imidazole rings is 1. The number of hydrogen-bond donors (Lipinski definition) is 2. The van der Waals surface area contributed by atoms with Crippen molar-refractivity contribution in [2.45, 2.75) is 26.8 Å². The van der Waals surface area contributed by atoms with Gasteiger partial charge in [0, 0.05) is 36.4 Å².